The summed E-state index contributed by atoms with van der Waals surface area (Å²) >= 11 is 1.11. The Bertz CT molecular complexity index is 773. The number of aromatic carboxylic acids is 1. The summed E-state index contributed by atoms with van der Waals surface area (Å²) in [6, 6.07) is 8.82. The van der Waals surface area contributed by atoms with E-state index >= 15 is 0 Å². The van der Waals surface area contributed by atoms with Crippen molar-refractivity contribution in [2.24, 2.45) is 0 Å². The highest BCUT2D eigenvalue weighted by Crippen LogP contribution is 2.25. The van der Waals surface area contributed by atoms with Crippen molar-refractivity contribution in [3.05, 3.63) is 56.8 Å². The molecule has 0 aliphatic carbocycles. The van der Waals surface area contributed by atoms with E-state index in [2.05, 4.69) is 0 Å². The van der Waals surface area contributed by atoms with Crippen molar-refractivity contribution in [2.75, 3.05) is 0 Å². The minimum Gasteiger partial charge on any atom is -0.477 e. The maximum Gasteiger partial charge on any atom is 0.345 e. The molecule has 0 radical (unpaired) electrons. The molecule has 0 aliphatic rings. The van der Waals surface area contributed by atoms with E-state index in [4.69, 9.17) is 5.11 Å². The lowest BCUT2D eigenvalue weighted by atomic mass is 10.1. The van der Waals surface area contributed by atoms with Crippen LogP contribution in [0.2, 0.25) is 0 Å². The van der Waals surface area contributed by atoms with Crippen molar-refractivity contribution >= 4 is 27.1 Å². The molecule has 6 heteroatoms. The number of hydrogen-bond donors (Lipinski definition) is 1. The quantitative estimate of drug-likeness (QED) is 0.917. The number of carboxylic acids is 1. The van der Waals surface area contributed by atoms with E-state index in [0.29, 0.717) is 5.56 Å². The van der Waals surface area contributed by atoms with E-state index in [1.54, 1.807) is 13.0 Å². The maximum atomic E-state index is 12.3. The van der Waals surface area contributed by atoms with Crippen LogP contribution in [-0.2, 0) is 21.3 Å². The van der Waals surface area contributed by atoms with Gasteiger partial charge in [0.25, 0.3) is 0 Å². The van der Waals surface area contributed by atoms with Crippen LogP contribution in [0.5, 0.6) is 0 Å². The lowest BCUT2D eigenvalue weighted by molar-refractivity contribution is 0.0702. The third kappa shape index (κ3) is 3.92. The average molecular weight is 324 g/mol. The molecule has 0 atom stereocenters. The Labute approximate surface area is 128 Å². The summed E-state index contributed by atoms with van der Waals surface area (Å²) < 4.78 is 24.6. The molecule has 0 fully saturated rings. The van der Waals surface area contributed by atoms with Gasteiger partial charge in [-0.05, 0) is 36.6 Å². The van der Waals surface area contributed by atoms with Gasteiger partial charge in [0.05, 0.1) is 11.5 Å². The number of benzene rings is 1. The molecule has 1 heterocycles. The van der Waals surface area contributed by atoms with Gasteiger partial charge in [0.1, 0.15) is 4.88 Å². The molecule has 0 aliphatic heterocycles. The van der Waals surface area contributed by atoms with Crippen LogP contribution in [0.25, 0.3) is 0 Å². The molecule has 0 saturated heterocycles. The summed E-state index contributed by atoms with van der Waals surface area (Å²) in [5, 5.41) is 8.95. The number of carboxylic acid groups (broad SMARTS) is 1. The van der Waals surface area contributed by atoms with Crippen LogP contribution < -0.4 is 0 Å². The first-order chi connectivity index (χ1) is 9.78. The molecule has 0 spiro atoms. The van der Waals surface area contributed by atoms with Crippen LogP contribution in [0.15, 0.2) is 30.3 Å². The molecule has 0 saturated carbocycles. The van der Waals surface area contributed by atoms with Crippen LogP contribution in [-0.4, -0.2) is 19.5 Å². The summed E-state index contributed by atoms with van der Waals surface area (Å²) in [7, 11) is -3.33. The molecule has 0 bridgehead atoms. The standard InChI is InChI=1S/C15H16O4S2/c1-10-5-3-4-6-12(10)8-21(18,19)9-13-7-14(15(16)17)20-11(13)2/h3-7H,8-9H2,1-2H3,(H,16,17). The lowest BCUT2D eigenvalue weighted by Crippen LogP contribution is -2.08. The Kier molecular flexibility index (Phi) is 4.49. The second-order valence-electron chi connectivity index (χ2n) is 4.96. The highest BCUT2D eigenvalue weighted by atomic mass is 32.2. The van der Waals surface area contributed by atoms with Gasteiger partial charge in [-0.3, -0.25) is 0 Å². The van der Waals surface area contributed by atoms with Crippen molar-refractivity contribution in [1.82, 2.24) is 0 Å². The van der Waals surface area contributed by atoms with E-state index in [9.17, 15) is 13.2 Å². The molecule has 2 rings (SSSR count). The molecule has 1 aromatic carbocycles. The average Bonchev–Trinajstić information content (AvgIpc) is 2.73. The fourth-order valence-electron chi connectivity index (χ4n) is 2.07. The zero-order valence-corrected chi connectivity index (χ0v) is 13.4. The number of rotatable bonds is 5. The first-order valence-electron chi connectivity index (χ1n) is 6.36. The van der Waals surface area contributed by atoms with Crippen LogP contribution >= 0.6 is 11.3 Å². The molecule has 0 unspecified atom stereocenters. The molecular weight excluding hydrogens is 308 g/mol. The summed E-state index contributed by atoms with van der Waals surface area (Å²) in [4.78, 5) is 11.8. The van der Waals surface area contributed by atoms with Gasteiger partial charge in [-0.2, -0.15) is 0 Å². The van der Waals surface area contributed by atoms with Gasteiger partial charge in [0.2, 0.25) is 0 Å². The first kappa shape index (κ1) is 15.7. The second kappa shape index (κ2) is 5.99. The van der Waals surface area contributed by atoms with Gasteiger partial charge in [-0.1, -0.05) is 24.3 Å². The van der Waals surface area contributed by atoms with Gasteiger partial charge >= 0.3 is 5.97 Å². The highest BCUT2D eigenvalue weighted by molar-refractivity contribution is 7.89. The largest absolute Gasteiger partial charge is 0.477 e. The first-order valence-corrected chi connectivity index (χ1v) is 9.00. The zero-order chi connectivity index (χ0) is 15.6. The number of carbonyl (C=O) groups is 1. The molecule has 0 amide bonds. The fourth-order valence-corrected chi connectivity index (χ4v) is 4.71. The minimum atomic E-state index is -3.33. The van der Waals surface area contributed by atoms with E-state index in [1.807, 2.05) is 25.1 Å². The summed E-state index contributed by atoms with van der Waals surface area (Å²) in [5.41, 5.74) is 2.30. The molecule has 112 valence electrons. The lowest BCUT2D eigenvalue weighted by Gasteiger charge is -2.07. The van der Waals surface area contributed by atoms with E-state index in [-0.39, 0.29) is 16.4 Å². The molecule has 1 aromatic heterocycles. The van der Waals surface area contributed by atoms with Gasteiger partial charge in [-0.15, -0.1) is 11.3 Å². The van der Waals surface area contributed by atoms with Crippen LogP contribution in [0.1, 0.15) is 31.2 Å². The van der Waals surface area contributed by atoms with Crippen molar-refractivity contribution in [3.63, 3.8) is 0 Å². The Morgan fingerprint density at radius 1 is 1.14 bits per heavy atom. The summed E-state index contributed by atoms with van der Waals surface area (Å²) in [6.45, 7) is 3.62. The number of thiophene rings is 1. The topological polar surface area (TPSA) is 71.4 Å². The Morgan fingerprint density at radius 2 is 1.76 bits per heavy atom. The second-order valence-corrected chi connectivity index (χ2v) is 8.28. The molecule has 21 heavy (non-hydrogen) atoms. The number of aryl methyl sites for hydroxylation is 2. The third-order valence-electron chi connectivity index (χ3n) is 3.24. The zero-order valence-electron chi connectivity index (χ0n) is 11.8. The predicted octanol–water partition coefficient (Wildman–Crippen LogP) is 3.18. The number of hydrogen-bond acceptors (Lipinski definition) is 4. The monoisotopic (exact) mass is 324 g/mol. The molecule has 4 nitrogen and oxygen atoms in total. The van der Waals surface area contributed by atoms with Crippen LogP contribution in [0.4, 0.5) is 0 Å². The number of sulfone groups is 1. The highest BCUT2D eigenvalue weighted by Gasteiger charge is 2.19. The van der Waals surface area contributed by atoms with E-state index in [0.717, 1.165) is 27.3 Å². The summed E-state index contributed by atoms with van der Waals surface area (Å²) in [5.74, 6) is -1.18. The predicted molar refractivity (Wildman–Crippen MR) is 83.5 cm³/mol. The van der Waals surface area contributed by atoms with Crippen LogP contribution in [0.3, 0.4) is 0 Å². The van der Waals surface area contributed by atoms with Gasteiger partial charge in [0.15, 0.2) is 9.84 Å². The van der Waals surface area contributed by atoms with Crippen molar-refractivity contribution in [1.29, 1.82) is 0 Å². The normalized spacial score (nSPS) is 11.5. The van der Waals surface area contributed by atoms with E-state index < -0.39 is 15.8 Å². The van der Waals surface area contributed by atoms with Crippen molar-refractivity contribution < 1.29 is 18.3 Å². The molecule has 2 aromatic rings. The maximum absolute atomic E-state index is 12.3. The fraction of sp³-hybridized carbons (Fsp3) is 0.267. The molecular formula is C15H16O4S2. The Morgan fingerprint density at radius 3 is 2.33 bits per heavy atom. The smallest absolute Gasteiger partial charge is 0.345 e. The Balaban J connectivity index is 2.22. The van der Waals surface area contributed by atoms with Crippen molar-refractivity contribution in [3.8, 4) is 0 Å². The van der Waals surface area contributed by atoms with Gasteiger partial charge in [-0.25, -0.2) is 13.2 Å². The van der Waals surface area contributed by atoms with Crippen LogP contribution in [0, 0.1) is 13.8 Å². The van der Waals surface area contributed by atoms with E-state index in [1.165, 1.54) is 6.07 Å². The third-order valence-corrected chi connectivity index (χ3v) is 5.83. The minimum absolute atomic E-state index is 0.0304. The van der Waals surface area contributed by atoms with Gasteiger partial charge < -0.3 is 5.11 Å². The Hall–Kier alpha value is -1.66. The van der Waals surface area contributed by atoms with Gasteiger partial charge in [0, 0.05) is 4.88 Å². The molecule has 1 N–H and O–H groups in total. The summed E-state index contributed by atoms with van der Waals surface area (Å²) in [6.07, 6.45) is 0. The SMILES string of the molecule is Cc1ccccc1CS(=O)(=O)Cc1cc(C(=O)O)sc1C. The van der Waals surface area contributed by atoms with Crippen molar-refractivity contribution in [2.45, 2.75) is 25.4 Å².